The van der Waals surface area contributed by atoms with E-state index in [9.17, 15) is 9.59 Å². The van der Waals surface area contributed by atoms with Crippen LogP contribution in [0.3, 0.4) is 0 Å². The van der Waals surface area contributed by atoms with Gasteiger partial charge in [0.1, 0.15) is 0 Å². The number of nitrogens with zero attached hydrogens (tertiary/aromatic N) is 3. The molecule has 5 nitrogen and oxygen atoms in total. The molecule has 0 unspecified atom stereocenters. The van der Waals surface area contributed by atoms with Crippen LogP contribution in [-0.2, 0) is 4.79 Å². The fourth-order valence-corrected chi connectivity index (χ4v) is 4.53. The van der Waals surface area contributed by atoms with Crippen LogP contribution >= 0.6 is 0 Å². The van der Waals surface area contributed by atoms with Crippen LogP contribution in [0.5, 0.6) is 0 Å². The topological polar surface area (TPSA) is 53.5 Å². The van der Waals surface area contributed by atoms with Crippen LogP contribution in [0, 0.1) is 0 Å². The van der Waals surface area contributed by atoms with Crippen LogP contribution in [0.2, 0.25) is 0 Å². The van der Waals surface area contributed by atoms with Crippen LogP contribution in [0.4, 0.5) is 0 Å². The summed E-state index contributed by atoms with van der Waals surface area (Å²) >= 11 is 0. The Morgan fingerprint density at radius 3 is 3.00 bits per heavy atom. The first-order valence-corrected chi connectivity index (χ1v) is 8.76. The van der Waals surface area contributed by atoms with Crippen molar-refractivity contribution >= 4 is 11.8 Å². The molecule has 1 aromatic heterocycles. The summed E-state index contributed by atoms with van der Waals surface area (Å²) in [4.78, 5) is 33.4. The summed E-state index contributed by atoms with van der Waals surface area (Å²) in [6.07, 6.45) is 9.21. The number of carbonyl (C=O) groups excluding carboxylic acids is 2. The molecule has 0 aromatic carbocycles. The van der Waals surface area contributed by atoms with Crippen LogP contribution in [-0.4, -0.2) is 51.3 Å². The van der Waals surface area contributed by atoms with E-state index in [1.807, 2.05) is 15.9 Å². The van der Waals surface area contributed by atoms with Gasteiger partial charge in [-0.2, -0.15) is 0 Å². The van der Waals surface area contributed by atoms with Gasteiger partial charge in [-0.05, 0) is 37.8 Å². The maximum atomic E-state index is 13.0. The Bertz CT molecular complexity index is 631. The van der Waals surface area contributed by atoms with Crippen molar-refractivity contribution in [1.82, 2.24) is 14.8 Å². The number of carbonyl (C=O) groups is 2. The standard InChI is InChI=1S/C19H25N3O2/c1-3-12-22-17(23)8-10-19(22)9-6-13-21(16(19)4-2)18(24)15-7-5-11-20-14-15/h3,5,7,11,14,16H,1,4,6,8-10,12-13H2,2H3/t16-,19-/m0/s1. The first kappa shape index (κ1) is 16.7. The van der Waals surface area contributed by atoms with Gasteiger partial charge in [0.2, 0.25) is 5.91 Å². The zero-order valence-electron chi connectivity index (χ0n) is 14.3. The summed E-state index contributed by atoms with van der Waals surface area (Å²) in [5.41, 5.74) is 0.378. The molecular weight excluding hydrogens is 302 g/mol. The maximum absolute atomic E-state index is 13.0. The minimum Gasteiger partial charge on any atom is -0.333 e. The molecule has 2 amide bonds. The van der Waals surface area contributed by atoms with Gasteiger partial charge in [0.05, 0.1) is 17.1 Å². The highest BCUT2D eigenvalue weighted by Crippen LogP contribution is 2.43. The van der Waals surface area contributed by atoms with E-state index < -0.39 is 0 Å². The smallest absolute Gasteiger partial charge is 0.255 e. The van der Waals surface area contributed by atoms with E-state index in [4.69, 9.17) is 0 Å². The Labute approximate surface area is 143 Å². The molecule has 2 aliphatic heterocycles. The molecule has 3 heterocycles. The third-order valence-electron chi connectivity index (χ3n) is 5.48. The van der Waals surface area contributed by atoms with E-state index in [-0.39, 0.29) is 23.4 Å². The molecule has 1 aromatic rings. The van der Waals surface area contributed by atoms with E-state index in [0.29, 0.717) is 18.5 Å². The average Bonchev–Trinajstić information content (AvgIpc) is 2.92. The second kappa shape index (κ2) is 6.75. The summed E-state index contributed by atoms with van der Waals surface area (Å²) in [6, 6.07) is 3.65. The third kappa shape index (κ3) is 2.62. The highest BCUT2D eigenvalue weighted by atomic mass is 16.2. The van der Waals surface area contributed by atoms with Crippen molar-refractivity contribution in [2.24, 2.45) is 0 Å². The predicted molar refractivity (Wildman–Crippen MR) is 92.5 cm³/mol. The molecule has 128 valence electrons. The number of hydrogen-bond acceptors (Lipinski definition) is 3. The second-order valence-corrected chi connectivity index (χ2v) is 6.66. The fraction of sp³-hybridized carbons (Fsp3) is 0.526. The van der Waals surface area contributed by atoms with Crippen molar-refractivity contribution in [3.8, 4) is 0 Å². The van der Waals surface area contributed by atoms with Gasteiger partial charge in [0, 0.05) is 31.9 Å². The minimum absolute atomic E-state index is 0.0203. The van der Waals surface area contributed by atoms with Gasteiger partial charge in [0.15, 0.2) is 0 Å². The SMILES string of the molecule is C=CCN1C(=O)CC[C@]12CCCN(C(=O)c1cccnc1)[C@H]2CC. The molecule has 2 atom stereocenters. The Balaban J connectivity index is 1.94. The van der Waals surface area contributed by atoms with Crippen molar-refractivity contribution in [1.29, 1.82) is 0 Å². The van der Waals surface area contributed by atoms with Crippen molar-refractivity contribution < 1.29 is 9.59 Å². The molecule has 2 aliphatic rings. The maximum Gasteiger partial charge on any atom is 0.255 e. The summed E-state index contributed by atoms with van der Waals surface area (Å²) in [5.74, 6) is 0.205. The van der Waals surface area contributed by atoms with Crippen LogP contribution < -0.4 is 0 Å². The second-order valence-electron chi connectivity index (χ2n) is 6.66. The molecule has 3 rings (SSSR count). The molecule has 0 aliphatic carbocycles. The Kier molecular flexibility index (Phi) is 4.69. The highest BCUT2D eigenvalue weighted by molar-refractivity contribution is 5.94. The number of amides is 2. The molecule has 0 N–H and O–H groups in total. The molecule has 0 radical (unpaired) electrons. The van der Waals surface area contributed by atoms with Crippen molar-refractivity contribution in [3.05, 3.63) is 42.7 Å². The van der Waals surface area contributed by atoms with E-state index in [1.165, 1.54) is 0 Å². The largest absolute Gasteiger partial charge is 0.333 e. The van der Waals surface area contributed by atoms with Gasteiger partial charge in [-0.3, -0.25) is 14.6 Å². The molecule has 2 fully saturated rings. The molecule has 2 saturated heterocycles. The zero-order chi connectivity index (χ0) is 17.2. The number of rotatable bonds is 4. The lowest BCUT2D eigenvalue weighted by Gasteiger charge is -2.52. The van der Waals surface area contributed by atoms with Gasteiger partial charge < -0.3 is 9.80 Å². The van der Waals surface area contributed by atoms with Crippen LogP contribution in [0.1, 0.15) is 49.4 Å². The zero-order valence-corrected chi connectivity index (χ0v) is 14.3. The molecule has 5 heteroatoms. The lowest BCUT2D eigenvalue weighted by atomic mass is 9.77. The fourth-order valence-electron chi connectivity index (χ4n) is 4.53. The normalized spacial score (nSPS) is 26.9. The lowest BCUT2D eigenvalue weighted by Crippen LogP contribution is -2.64. The van der Waals surface area contributed by atoms with E-state index >= 15 is 0 Å². The van der Waals surface area contributed by atoms with Gasteiger partial charge >= 0.3 is 0 Å². The van der Waals surface area contributed by atoms with Gasteiger partial charge in [-0.15, -0.1) is 6.58 Å². The van der Waals surface area contributed by atoms with Gasteiger partial charge in [-0.25, -0.2) is 0 Å². The van der Waals surface area contributed by atoms with Gasteiger partial charge in [-0.1, -0.05) is 13.0 Å². The van der Waals surface area contributed by atoms with Crippen LogP contribution in [0.25, 0.3) is 0 Å². The number of hydrogen-bond donors (Lipinski definition) is 0. The summed E-state index contributed by atoms with van der Waals surface area (Å²) in [5, 5.41) is 0. The predicted octanol–water partition coefficient (Wildman–Crippen LogP) is 2.64. The Morgan fingerprint density at radius 2 is 2.33 bits per heavy atom. The van der Waals surface area contributed by atoms with Gasteiger partial charge in [0.25, 0.3) is 5.91 Å². The third-order valence-corrected chi connectivity index (χ3v) is 5.48. The molecule has 0 bridgehead atoms. The quantitative estimate of drug-likeness (QED) is 0.799. The van der Waals surface area contributed by atoms with Crippen molar-refractivity contribution in [3.63, 3.8) is 0 Å². The molecule has 0 saturated carbocycles. The van der Waals surface area contributed by atoms with E-state index in [0.717, 1.165) is 32.2 Å². The number of aromatic nitrogens is 1. The summed E-state index contributed by atoms with van der Waals surface area (Å²) in [6.45, 7) is 7.21. The van der Waals surface area contributed by atoms with Crippen molar-refractivity contribution in [2.45, 2.75) is 50.6 Å². The number of pyridine rings is 1. The molecular formula is C19H25N3O2. The van der Waals surface area contributed by atoms with E-state index in [1.54, 1.807) is 24.5 Å². The van der Waals surface area contributed by atoms with Crippen molar-refractivity contribution in [2.75, 3.05) is 13.1 Å². The first-order chi connectivity index (χ1) is 11.6. The van der Waals surface area contributed by atoms with Crippen LogP contribution in [0.15, 0.2) is 37.2 Å². The summed E-state index contributed by atoms with van der Waals surface area (Å²) < 4.78 is 0. The Morgan fingerprint density at radius 1 is 1.50 bits per heavy atom. The van der Waals surface area contributed by atoms with E-state index in [2.05, 4.69) is 18.5 Å². The number of likely N-dealkylation sites (tertiary alicyclic amines) is 2. The Hall–Kier alpha value is -2.17. The average molecular weight is 327 g/mol. The lowest BCUT2D eigenvalue weighted by molar-refractivity contribution is -0.133. The first-order valence-electron chi connectivity index (χ1n) is 8.76. The molecule has 24 heavy (non-hydrogen) atoms. The molecule has 1 spiro atoms. The monoisotopic (exact) mass is 327 g/mol. The highest BCUT2D eigenvalue weighted by Gasteiger charge is 2.53. The number of piperidine rings is 1. The minimum atomic E-state index is -0.240. The summed E-state index contributed by atoms with van der Waals surface area (Å²) in [7, 11) is 0.